The van der Waals surface area contributed by atoms with Gasteiger partial charge >= 0.3 is 0 Å². The fourth-order valence-electron chi connectivity index (χ4n) is 3.07. The molecule has 0 spiro atoms. The Balaban J connectivity index is 1.65. The molecule has 0 N–H and O–H groups in total. The quantitative estimate of drug-likeness (QED) is 0.617. The van der Waals surface area contributed by atoms with E-state index in [1.807, 2.05) is 34.9 Å². The summed E-state index contributed by atoms with van der Waals surface area (Å²) in [5.41, 5.74) is 1.79. The molecule has 2 aromatic rings. The first-order chi connectivity index (χ1) is 12.1. The average molecular weight is 356 g/mol. The van der Waals surface area contributed by atoms with Crippen LogP contribution >= 0.6 is 11.8 Å². The molecule has 1 amide bonds. The number of nitro benzene ring substituents is 1. The first-order valence-corrected chi connectivity index (χ1v) is 9.36. The van der Waals surface area contributed by atoms with Gasteiger partial charge in [0.15, 0.2) is 0 Å². The molecule has 2 aromatic carbocycles. The molecular formula is C19H20N2O3S. The van der Waals surface area contributed by atoms with Gasteiger partial charge in [0, 0.05) is 35.7 Å². The third-order valence-electron chi connectivity index (χ3n) is 4.40. The molecule has 1 unspecified atom stereocenters. The maximum atomic E-state index is 12.6. The lowest BCUT2D eigenvalue weighted by atomic mass is 10.1. The van der Waals surface area contributed by atoms with Gasteiger partial charge in [-0.05, 0) is 12.0 Å². The van der Waals surface area contributed by atoms with Crippen LogP contribution in [-0.2, 0) is 11.2 Å². The standard InChI is InChI=1S/C19H20N2O3S/c22-19(14-16-8-4-5-9-17(16)21(23)24)20-11-10-18(25-13-12-20)15-6-2-1-3-7-15/h1-9,18H,10-14H2. The second kappa shape index (κ2) is 8.16. The number of hydrogen-bond acceptors (Lipinski definition) is 4. The Labute approximate surface area is 151 Å². The van der Waals surface area contributed by atoms with Crippen molar-refractivity contribution in [3.05, 3.63) is 75.8 Å². The van der Waals surface area contributed by atoms with Crippen LogP contribution in [0, 0.1) is 10.1 Å². The molecule has 0 radical (unpaired) electrons. The molecule has 1 heterocycles. The molecule has 1 atom stereocenters. The number of carbonyl (C=O) groups excluding carboxylic acids is 1. The summed E-state index contributed by atoms with van der Waals surface area (Å²) in [6.45, 7) is 1.37. The van der Waals surface area contributed by atoms with Crippen molar-refractivity contribution >= 4 is 23.4 Å². The monoisotopic (exact) mass is 356 g/mol. The number of nitrogens with zero attached hydrogens (tertiary/aromatic N) is 2. The van der Waals surface area contributed by atoms with E-state index >= 15 is 0 Å². The Kier molecular flexibility index (Phi) is 5.71. The number of rotatable bonds is 4. The van der Waals surface area contributed by atoms with Gasteiger partial charge in [-0.25, -0.2) is 0 Å². The van der Waals surface area contributed by atoms with Gasteiger partial charge in [0.05, 0.1) is 11.3 Å². The lowest BCUT2D eigenvalue weighted by molar-refractivity contribution is -0.385. The summed E-state index contributed by atoms with van der Waals surface area (Å²) in [7, 11) is 0. The summed E-state index contributed by atoms with van der Waals surface area (Å²) in [6.07, 6.45) is 0.981. The van der Waals surface area contributed by atoms with E-state index in [0.717, 1.165) is 12.2 Å². The van der Waals surface area contributed by atoms with E-state index < -0.39 is 4.92 Å². The van der Waals surface area contributed by atoms with E-state index in [0.29, 0.717) is 23.9 Å². The number of benzene rings is 2. The van der Waals surface area contributed by atoms with Gasteiger partial charge in [0.25, 0.3) is 5.69 Å². The van der Waals surface area contributed by atoms with E-state index in [9.17, 15) is 14.9 Å². The average Bonchev–Trinajstić information content (AvgIpc) is 2.89. The summed E-state index contributed by atoms with van der Waals surface area (Å²) in [5.74, 6) is 0.839. The van der Waals surface area contributed by atoms with Crippen molar-refractivity contribution in [3.8, 4) is 0 Å². The number of nitro groups is 1. The minimum Gasteiger partial charge on any atom is -0.342 e. The van der Waals surface area contributed by atoms with E-state index in [4.69, 9.17) is 0 Å². The zero-order valence-electron chi connectivity index (χ0n) is 13.8. The van der Waals surface area contributed by atoms with Gasteiger partial charge < -0.3 is 4.90 Å². The Hall–Kier alpha value is -2.34. The number of carbonyl (C=O) groups is 1. The predicted molar refractivity (Wildman–Crippen MR) is 99.6 cm³/mol. The topological polar surface area (TPSA) is 63.4 Å². The van der Waals surface area contributed by atoms with Crippen molar-refractivity contribution in [1.82, 2.24) is 4.90 Å². The molecule has 1 saturated heterocycles. The zero-order valence-corrected chi connectivity index (χ0v) is 14.7. The van der Waals surface area contributed by atoms with Crippen molar-refractivity contribution in [2.45, 2.75) is 18.1 Å². The van der Waals surface area contributed by atoms with Crippen LogP contribution in [-0.4, -0.2) is 34.6 Å². The Morgan fingerprint density at radius 3 is 2.60 bits per heavy atom. The second-order valence-electron chi connectivity index (χ2n) is 6.00. The highest BCUT2D eigenvalue weighted by Crippen LogP contribution is 2.34. The molecule has 0 bridgehead atoms. The van der Waals surface area contributed by atoms with Gasteiger partial charge in [-0.2, -0.15) is 11.8 Å². The minimum absolute atomic E-state index is 0.0159. The molecule has 130 valence electrons. The van der Waals surface area contributed by atoms with Crippen LogP contribution in [0.1, 0.15) is 22.8 Å². The molecule has 0 saturated carbocycles. The van der Waals surface area contributed by atoms with Crippen LogP contribution in [0.3, 0.4) is 0 Å². The summed E-state index contributed by atoms with van der Waals surface area (Å²) in [4.78, 5) is 25.2. The normalized spacial score (nSPS) is 17.8. The highest BCUT2D eigenvalue weighted by Gasteiger charge is 2.24. The maximum Gasteiger partial charge on any atom is 0.273 e. The zero-order chi connectivity index (χ0) is 17.6. The van der Waals surface area contributed by atoms with Crippen LogP contribution < -0.4 is 0 Å². The third-order valence-corrected chi connectivity index (χ3v) is 5.72. The molecule has 3 rings (SSSR count). The molecule has 0 aliphatic carbocycles. The third kappa shape index (κ3) is 4.39. The molecule has 6 heteroatoms. The van der Waals surface area contributed by atoms with E-state index in [2.05, 4.69) is 12.1 Å². The van der Waals surface area contributed by atoms with Crippen LogP contribution in [0.4, 0.5) is 5.69 Å². The summed E-state index contributed by atoms with van der Waals surface area (Å²) >= 11 is 1.87. The highest BCUT2D eigenvalue weighted by molar-refractivity contribution is 7.99. The second-order valence-corrected chi connectivity index (χ2v) is 7.31. The Morgan fingerprint density at radius 2 is 1.84 bits per heavy atom. The van der Waals surface area contributed by atoms with Gasteiger partial charge in [-0.1, -0.05) is 48.5 Å². The van der Waals surface area contributed by atoms with E-state index in [1.165, 1.54) is 11.6 Å². The number of amides is 1. The summed E-state index contributed by atoms with van der Waals surface area (Å²) in [6, 6.07) is 16.8. The van der Waals surface area contributed by atoms with Crippen molar-refractivity contribution in [2.24, 2.45) is 0 Å². The van der Waals surface area contributed by atoms with E-state index in [-0.39, 0.29) is 18.0 Å². The summed E-state index contributed by atoms with van der Waals surface area (Å²) in [5, 5.41) is 11.5. The molecule has 1 aliphatic rings. The smallest absolute Gasteiger partial charge is 0.273 e. The van der Waals surface area contributed by atoms with Crippen molar-refractivity contribution in [2.75, 3.05) is 18.8 Å². The molecule has 1 aliphatic heterocycles. The molecule has 0 aromatic heterocycles. The first-order valence-electron chi connectivity index (χ1n) is 8.32. The molecule has 1 fully saturated rings. The Morgan fingerprint density at radius 1 is 1.12 bits per heavy atom. The summed E-state index contributed by atoms with van der Waals surface area (Å²) < 4.78 is 0. The molecule has 5 nitrogen and oxygen atoms in total. The van der Waals surface area contributed by atoms with E-state index in [1.54, 1.807) is 18.2 Å². The minimum atomic E-state index is -0.424. The lowest BCUT2D eigenvalue weighted by Crippen LogP contribution is -2.34. The van der Waals surface area contributed by atoms with Crippen LogP contribution in [0.2, 0.25) is 0 Å². The molecular weight excluding hydrogens is 336 g/mol. The highest BCUT2D eigenvalue weighted by atomic mass is 32.2. The predicted octanol–water partition coefficient (Wildman–Crippen LogP) is 3.84. The maximum absolute atomic E-state index is 12.6. The Bertz CT molecular complexity index is 751. The largest absolute Gasteiger partial charge is 0.342 e. The lowest BCUT2D eigenvalue weighted by Gasteiger charge is -2.20. The fraction of sp³-hybridized carbons (Fsp3) is 0.316. The van der Waals surface area contributed by atoms with Gasteiger partial charge in [0.2, 0.25) is 5.91 Å². The van der Waals surface area contributed by atoms with Crippen molar-refractivity contribution < 1.29 is 9.72 Å². The van der Waals surface area contributed by atoms with Gasteiger partial charge in [-0.15, -0.1) is 0 Å². The fourth-order valence-corrected chi connectivity index (χ4v) is 4.30. The van der Waals surface area contributed by atoms with Crippen LogP contribution in [0.25, 0.3) is 0 Å². The van der Waals surface area contributed by atoms with Crippen molar-refractivity contribution in [1.29, 1.82) is 0 Å². The number of thioether (sulfide) groups is 1. The van der Waals surface area contributed by atoms with Crippen LogP contribution in [0.15, 0.2) is 54.6 Å². The van der Waals surface area contributed by atoms with Crippen molar-refractivity contribution in [3.63, 3.8) is 0 Å². The molecule has 25 heavy (non-hydrogen) atoms. The van der Waals surface area contributed by atoms with Crippen LogP contribution in [0.5, 0.6) is 0 Å². The van der Waals surface area contributed by atoms with Gasteiger partial charge in [-0.3, -0.25) is 14.9 Å². The van der Waals surface area contributed by atoms with Gasteiger partial charge in [0.1, 0.15) is 0 Å². The number of hydrogen-bond donors (Lipinski definition) is 0. The number of para-hydroxylation sites is 1. The first kappa shape index (κ1) is 17.5. The SMILES string of the molecule is O=C(Cc1ccccc1[N+](=O)[O-])N1CCSC(c2ccccc2)CC1.